The number of hydrogen-bond donors (Lipinski definition) is 1. The van der Waals surface area contributed by atoms with Crippen LogP contribution in [-0.4, -0.2) is 59.6 Å². The lowest BCUT2D eigenvalue weighted by molar-refractivity contribution is 0.309. The number of para-hydroxylation sites is 2. The highest BCUT2D eigenvalue weighted by molar-refractivity contribution is 7.85. The maximum absolute atomic E-state index is 12.1. The Morgan fingerprint density at radius 3 is 1.45 bits per heavy atom. The molecule has 3 aromatic heterocycles. The van der Waals surface area contributed by atoms with Crippen molar-refractivity contribution in [3.63, 3.8) is 0 Å². The average molecular weight is 1030 g/mol. The number of ether oxygens (including phenoxy) is 2. The maximum atomic E-state index is 12.1. The van der Waals surface area contributed by atoms with Gasteiger partial charge in [0.2, 0.25) is 5.89 Å². The van der Waals surface area contributed by atoms with Gasteiger partial charge in [-0.1, -0.05) is 175 Å². The van der Waals surface area contributed by atoms with E-state index >= 15 is 0 Å². The highest BCUT2D eigenvalue weighted by atomic mass is 32.2. The van der Waals surface area contributed by atoms with Crippen molar-refractivity contribution in [1.82, 2.24) is 13.9 Å². The topological polar surface area (TPSA) is 156 Å². The van der Waals surface area contributed by atoms with E-state index in [1.807, 2.05) is 153 Å². The Balaban J connectivity index is 1.49. The summed E-state index contributed by atoms with van der Waals surface area (Å²) >= 11 is 0. The second-order valence-electron chi connectivity index (χ2n) is 18.8. The van der Waals surface area contributed by atoms with E-state index in [-0.39, 0.29) is 24.5 Å². The number of nitriles is 2. The molecule has 7 aromatic carbocycles. The van der Waals surface area contributed by atoms with Crippen LogP contribution in [0.4, 0.5) is 0 Å². The van der Waals surface area contributed by atoms with Crippen LogP contribution in [0.15, 0.2) is 211 Å². The second-order valence-corrected chi connectivity index (χ2v) is 20.4. The molecule has 0 saturated heterocycles. The zero-order valence-corrected chi connectivity index (χ0v) is 43.5. The molecule has 0 atom stereocenters. The summed E-state index contributed by atoms with van der Waals surface area (Å²) in [5.74, 6) is 0.841. The lowest BCUT2D eigenvalue weighted by atomic mass is 9.50. The Morgan fingerprint density at radius 1 is 0.610 bits per heavy atom. The van der Waals surface area contributed by atoms with Crippen LogP contribution in [-0.2, 0) is 10.1 Å². The molecule has 0 amide bonds. The number of nitrogens with zero attached hydrogens (tertiary/aromatic N) is 5. The molecule has 10 rings (SSSR count). The SMILES string of the molecule is C=C(C)/C(C#N)=c1/c2c(-c3ccc(OCCCS(=O)(=O)O)cc3)n(B(c3ccccc3)c3ccccc3)/c(=C(/C#N)c3nc4ccccc4o3)c2c(-c2ccc(OCCCC)cc2)n1B(c1ccccc1)c1ccccc1. The van der Waals surface area contributed by atoms with Gasteiger partial charge in [-0.2, -0.15) is 18.9 Å². The lowest BCUT2D eigenvalue weighted by Gasteiger charge is -2.24. The summed E-state index contributed by atoms with van der Waals surface area (Å²) < 4.78 is 56.1. The summed E-state index contributed by atoms with van der Waals surface area (Å²) in [6, 6.07) is 68.9. The maximum Gasteiger partial charge on any atom is 0.328 e. The molecule has 0 unspecified atom stereocenters. The van der Waals surface area contributed by atoms with E-state index in [4.69, 9.17) is 18.9 Å². The predicted molar refractivity (Wildman–Crippen MR) is 310 cm³/mol. The number of allylic oxidation sites excluding steroid dienone is 1. The molecule has 0 bridgehead atoms. The fourth-order valence-corrected chi connectivity index (χ4v) is 10.7. The number of benzene rings is 7. The predicted octanol–water partition coefficient (Wildman–Crippen LogP) is 9.03. The summed E-state index contributed by atoms with van der Waals surface area (Å²) in [7, 11) is -4.18. The second kappa shape index (κ2) is 22.8. The van der Waals surface area contributed by atoms with E-state index in [2.05, 4.69) is 83.1 Å². The summed E-state index contributed by atoms with van der Waals surface area (Å²) in [5, 5.41) is 26.2. The van der Waals surface area contributed by atoms with Crippen molar-refractivity contribution in [2.75, 3.05) is 19.0 Å². The van der Waals surface area contributed by atoms with Crippen LogP contribution in [0.1, 0.15) is 39.0 Å². The number of oxazole rings is 1. The van der Waals surface area contributed by atoms with Gasteiger partial charge in [0.25, 0.3) is 10.1 Å². The van der Waals surface area contributed by atoms with E-state index in [9.17, 15) is 23.5 Å². The van der Waals surface area contributed by atoms with Crippen LogP contribution in [0.25, 0.3) is 55.5 Å². The van der Waals surface area contributed by atoms with Crippen molar-refractivity contribution in [3.05, 3.63) is 223 Å². The minimum absolute atomic E-state index is 0.0389. The summed E-state index contributed by atoms with van der Waals surface area (Å²) in [6.07, 6.45) is 1.95. The van der Waals surface area contributed by atoms with Gasteiger partial charge in [0.05, 0.1) is 35.2 Å². The van der Waals surface area contributed by atoms with E-state index in [0.717, 1.165) is 40.3 Å². The Hall–Kier alpha value is -9.07. The molecule has 1 N–H and O–H groups in total. The first-order valence-corrected chi connectivity index (χ1v) is 27.2. The van der Waals surface area contributed by atoms with Crippen LogP contribution in [0.2, 0.25) is 0 Å². The highest BCUT2D eigenvalue weighted by Gasteiger charge is 2.37. The van der Waals surface area contributed by atoms with Crippen molar-refractivity contribution in [1.29, 1.82) is 10.5 Å². The third kappa shape index (κ3) is 10.6. The van der Waals surface area contributed by atoms with Crippen LogP contribution >= 0.6 is 0 Å². The lowest BCUT2D eigenvalue weighted by Crippen LogP contribution is -2.54. The molecular formula is C63H53B2N5O6S. The fraction of sp³-hybridized carbons (Fsp3) is 0.127. The minimum atomic E-state index is -4.18. The van der Waals surface area contributed by atoms with Gasteiger partial charge in [-0.05, 0) is 97.1 Å². The molecular weight excluding hydrogens is 976 g/mol. The van der Waals surface area contributed by atoms with Crippen molar-refractivity contribution in [3.8, 4) is 46.2 Å². The fourth-order valence-electron chi connectivity index (χ4n) is 10.2. The Bertz CT molecular complexity index is 3960. The molecule has 10 aromatic rings. The van der Waals surface area contributed by atoms with Gasteiger partial charge >= 0.3 is 13.7 Å². The highest BCUT2D eigenvalue weighted by Crippen LogP contribution is 2.37. The molecule has 77 heavy (non-hydrogen) atoms. The van der Waals surface area contributed by atoms with Gasteiger partial charge in [0.15, 0.2) is 5.58 Å². The van der Waals surface area contributed by atoms with Gasteiger partial charge < -0.3 is 22.8 Å². The Kier molecular flexibility index (Phi) is 15.2. The standard InChI is InChI=1S/C63H53B2N5O6S/c1-4-5-39-74-51-35-31-46(32-36-51)60-58-57(61(53(42-66)44(2)3)69(60)64(47-21-10-6-11-22-47)48-23-12-7-13-24-48)59(45-33-37-52(38-34-45)75-40-20-41-77(71,72)73)70(65(49-25-14-8-15-26-49)50-27-16-9-17-28-50)62(58)54(43-67)63-68-55-29-18-19-30-56(55)76-63/h6-19,21-38H,2,4-5,20,39-41H2,1,3H3,(H,71,72,73)/b61-53-,62-54-. The van der Waals surface area contributed by atoms with E-state index < -0.39 is 29.6 Å². The van der Waals surface area contributed by atoms with Gasteiger partial charge in [-0.25, -0.2) is 4.98 Å². The average Bonchev–Trinajstić information content (AvgIpc) is 4.28. The van der Waals surface area contributed by atoms with Gasteiger partial charge in [-0.3, -0.25) is 4.55 Å². The van der Waals surface area contributed by atoms with Gasteiger partial charge in [0, 0.05) is 22.2 Å². The molecule has 0 aliphatic carbocycles. The number of hydrogen-bond acceptors (Lipinski definition) is 8. The zero-order valence-electron chi connectivity index (χ0n) is 42.7. The Morgan fingerprint density at radius 2 is 1.04 bits per heavy atom. The zero-order chi connectivity index (χ0) is 53.5. The van der Waals surface area contributed by atoms with Gasteiger partial charge in [-0.15, -0.1) is 0 Å². The van der Waals surface area contributed by atoms with Crippen LogP contribution in [0.3, 0.4) is 0 Å². The van der Waals surface area contributed by atoms with Crippen LogP contribution in [0, 0.1) is 22.7 Å². The number of unbranched alkanes of at least 4 members (excludes halogenated alkanes) is 1. The molecule has 0 aliphatic heterocycles. The third-order valence-corrected chi connectivity index (χ3v) is 14.4. The summed E-state index contributed by atoms with van der Waals surface area (Å²) in [6.45, 7) is 7.88. The molecule has 14 heteroatoms. The number of rotatable bonds is 19. The monoisotopic (exact) mass is 1030 g/mol. The molecule has 0 saturated carbocycles. The summed E-state index contributed by atoms with van der Waals surface area (Å²) in [5.41, 5.74) is 8.66. The van der Waals surface area contributed by atoms with Crippen molar-refractivity contribution in [2.45, 2.75) is 33.1 Å². The van der Waals surface area contributed by atoms with Crippen LogP contribution in [0.5, 0.6) is 11.5 Å². The molecule has 0 fully saturated rings. The molecule has 3 heterocycles. The smallest absolute Gasteiger partial charge is 0.328 e. The number of aromatic nitrogens is 3. The van der Waals surface area contributed by atoms with Crippen molar-refractivity contribution in [2.24, 2.45) is 0 Å². The minimum Gasteiger partial charge on any atom is -0.494 e. The largest absolute Gasteiger partial charge is 0.494 e. The van der Waals surface area contributed by atoms with E-state index in [1.165, 1.54) is 0 Å². The first kappa shape index (κ1) is 51.4. The molecule has 0 aliphatic rings. The quantitative estimate of drug-likeness (QED) is 0.0475. The third-order valence-electron chi connectivity index (χ3n) is 13.6. The molecule has 0 spiro atoms. The summed E-state index contributed by atoms with van der Waals surface area (Å²) in [4.78, 5) is 5.04. The molecule has 11 nitrogen and oxygen atoms in total. The van der Waals surface area contributed by atoms with Gasteiger partial charge in [0.1, 0.15) is 34.7 Å². The van der Waals surface area contributed by atoms with Crippen molar-refractivity contribution < 1.29 is 26.9 Å². The first-order valence-electron chi connectivity index (χ1n) is 25.6. The Labute approximate surface area is 448 Å². The van der Waals surface area contributed by atoms with Crippen molar-refractivity contribution >= 4 is 78.7 Å². The first-order chi connectivity index (χ1) is 37.6. The molecule has 0 radical (unpaired) electrons. The normalized spacial score (nSPS) is 12.2. The molecule has 378 valence electrons. The van der Waals surface area contributed by atoms with Crippen LogP contribution < -0.4 is 42.0 Å². The van der Waals surface area contributed by atoms with E-state index in [0.29, 0.717) is 78.8 Å². The number of fused-ring (bicyclic) bond motifs is 2. The van der Waals surface area contributed by atoms with E-state index in [1.54, 1.807) is 0 Å².